The lowest BCUT2D eigenvalue weighted by atomic mass is 9.59. The van der Waals surface area contributed by atoms with E-state index in [1.54, 1.807) is 6.07 Å². The monoisotopic (exact) mass is 289 g/mol. The minimum Gasteiger partial charge on any atom is -0.508 e. The number of hydrogen-bond acceptors (Lipinski definition) is 3. The third-order valence-electron chi connectivity index (χ3n) is 5.70. The molecule has 1 saturated heterocycles. The van der Waals surface area contributed by atoms with Crippen molar-refractivity contribution in [2.45, 2.75) is 57.6 Å². The van der Waals surface area contributed by atoms with Gasteiger partial charge in [0.05, 0.1) is 5.60 Å². The molecule has 3 heteroatoms. The lowest BCUT2D eigenvalue weighted by Crippen LogP contribution is -2.60. The minimum absolute atomic E-state index is 0.132. The van der Waals surface area contributed by atoms with Gasteiger partial charge in [-0.05, 0) is 67.8 Å². The summed E-state index contributed by atoms with van der Waals surface area (Å²) in [4.78, 5) is 2.46. The molecular weight excluding hydrogens is 262 g/mol. The van der Waals surface area contributed by atoms with Gasteiger partial charge in [-0.25, -0.2) is 0 Å². The Morgan fingerprint density at radius 3 is 2.76 bits per heavy atom. The van der Waals surface area contributed by atoms with E-state index in [0.717, 1.165) is 25.9 Å². The number of β-amino-alcohol motifs (C(OH)–C–C–N with tert-alkyl or cyclic N) is 1. The van der Waals surface area contributed by atoms with E-state index in [-0.39, 0.29) is 5.41 Å². The van der Waals surface area contributed by atoms with Crippen molar-refractivity contribution in [2.24, 2.45) is 5.92 Å². The maximum atomic E-state index is 10.2. The molecule has 2 bridgehead atoms. The molecule has 3 atom stereocenters. The molecule has 1 aliphatic heterocycles. The van der Waals surface area contributed by atoms with Gasteiger partial charge in [0, 0.05) is 12.6 Å². The van der Waals surface area contributed by atoms with E-state index in [0.29, 0.717) is 17.7 Å². The Kier molecular flexibility index (Phi) is 3.34. The largest absolute Gasteiger partial charge is 0.508 e. The average Bonchev–Trinajstić information content (AvgIpc) is 2.37. The zero-order valence-electron chi connectivity index (χ0n) is 13.6. The smallest absolute Gasteiger partial charge is 0.115 e. The zero-order chi connectivity index (χ0) is 15.4. The van der Waals surface area contributed by atoms with Crippen LogP contribution in [-0.2, 0) is 11.8 Å². The van der Waals surface area contributed by atoms with Gasteiger partial charge in [-0.2, -0.15) is 0 Å². The number of nitrogens with zero attached hydrogens (tertiary/aromatic N) is 1. The Balaban J connectivity index is 1.98. The van der Waals surface area contributed by atoms with Gasteiger partial charge >= 0.3 is 0 Å². The number of aliphatic hydroxyl groups is 1. The highest BCUT2D eigenvalue weighted by molar-refractivity contribution is 5.44. The van der Waals surface area contributed by atoms with Crippen molar-refractivity contribution in [1.29, 1.82) is 0 Å². The quantitative estimate of drug-likeness (QED) is 0.880. The van der Waals surface area contributed by atoms with Crippen LogP contribution in [0, 0.1) is 5.92 Å². The first-order valence-corrected chi connectivity index (χ1v) is 7.99. The number of fused-ring (bicyclic) bond motifs is 4. The van der Waals surface area contributed by atoms with E-state index in [1.807, 2.05) is 19.9 Å². The van der Waals surface area contributed by atoms with Gasteiger partial charge in [0.15, 0.2) is 0 Å². The molecule has 1 aromatic carbocycles. The summed E-state index contributed by atoms with van der Waals surface area (Å²) in [6, 6.07) is 6.32. The van der Waals surface area contributed by atoms with Crippen LogP contribution in [0.1, 0.15) is 45.2 Å². The highest BCUT2D eigenvalue weighted by Crippen LogP contribution is 2.49. The van der Waals surface area contributed by atoms with Crippen LogP contribution in [0.25, 0.3) is 0 Å². The van der Waals surface area contributed by atoms with Crippen LogP contribution in [0.3, 0.4) is 0 Å². The predicted molar refractivity (Wildman–Crippen MR) is 84.6 cm³/mol. The summed E-state index contributed by atoms with van der Waals surface area (Å²) in [5, 5.41) is 20.0. The first-order valence-electron chi connectivity index (χ1n) is 7.99. The topological polar surface area (TPSA) is 43.7 Å². The van der Waals surface area contributed by atoms with E-state index in [1.165, 1.54) is 11.1 Å². The third kappa shape index (κ3) is 2.47. The number of rotatable bonds is 2. The highest BCUT2D eigenvalue weighted by atomic mass is 16.3. The standard InChI is InChI=1S/C18H27NO2/c1-12-16-9-13-5-6-14(20)10-15(13)18(12,4)7-8-19(16)11-17(2,3)21/h5-6,10,12,16,20-21H,7-9,11H2,1-4H3/t12?,16-,18-/m1/s1. The predicted octanol–water partition coefficient (Wildman–Crippen LogP) is 2.69. The second-order valence-corrected chi connectivity index (χ2v) is 7.85. The number of hydrogen-bond donors (Lipinski definition) is 2. The molecule has 0 radical (unpaired) electrons. The molecule has 3 nitrogen and oxygen atoms in total. The van der Waals surface area contributed by atoms with Crippen LogP contribution in [0.5, 0.6) is 5.75 Å². The Hall–Kier alpha value is -1.06. The molecule has 0 aromatic heterocycles. The number of phenols is 1. The minimum atomic E-state index is -0.650. The van der Waals surface area contributed by atoms with Crippen molar-refractivity contribution in [1.82, 2.24) is 4.90 Å². The van der Waals surface area contributed by atoms with Gasteiger partial charge in [0.1, 0.15) is 5.75 Å². The fraction of sp³-hybridized carbons (Fsp3) is 0.667. The van der Waals surface area contributed by atoms with Gasteiger partial charge in [0.25, 0.3) is 0 Å². The zero-order valence-corrected chi connectivity index (χ0v) is 13.6. The van der Waals surface area contributed by atoms with Crippen molar-refractivity contribution in [3.8, 4) is 5.75 Å². The summed E-state index contributed by atoms with van der Waals surface area (Å²) >= 11 is 0. The number of piperidine rings is 1. The van der Waals surface area contributed by atoms with Gasteiger partial charge in [-0.3, -0.25) is 4.90 Å². The van der Waals surface area contributed by atoms with Crippen molar-refractivity contribution in [3.63, 3.8) is 0 Å². The number of phenolic OH excluding ortho intramolecular Hbond substituents is 1. The maximum absolute atomic E-state index is 10.2. The van der Waals surface area contributed by atoms with E-state index in [4.69, 9.17) is 0 Å². The summed E-state index contributed by atoms with van der Waals surface area (Å²) < 4.78 is 0. The average molecular weight is 289 g/mol. The van der Waals surface area contributed by atoms with E-state index in [9.17, 15) is 10.2 Å². The molecule has 116 valence electrons. The molecule has 1 fully saturated rings. The lowest BCUT2D eigenvalue weighted by Gasteiger charge is -2.55. The number of likely N-dealkylation sites (tertiary alicyclic amines) is 1. The molecule has 1 aliphatic carbocycles. The fourth-order valence-corrected chi connectivity index (χ4v) is 4.39. The van der Waals surface area contributed by atoms with Crippen LogP contribution < -0.4 is 0 Å². The summed E-state index contributed by atoms with van der Waals surface area (Å²) in [5.41, 5.74) is 2.17. The molecule has 1 unspecified atom stereocenters. The Morgan fingerprint density at radius 2 is 2.10 bits per heavy atom. The van der Waals surface area contributed by atoms with Crippen molar-refractivity contribution < 1.29 is 10.2 Å². The summed E-state index contributed by atoms with van der Waals surface area (Å²) in [6.07, 6.45) is 2.10. The summed E-state index contributed by atoms with van der Waals surface area (Å²) in [5.74, 6) is 0.905. The molecule has 0 saturated carbocycles. The van der Waals surface area contributed by atoms with Crippen LogP contribution in [0.2, 0.25) is 0 Å². The van der Waals surface area contributed by atoms with Crippen LogP contribution in [-0.4, -0.2) is 39.8 Å². The second-order valence-electron chi connectivity index (χ2n) is 7.85. The van der Waals surface area contributed by atoms with Gasteiger partial charge in [0.2, 0.25) is 0 Å². The Morgan fingerprint density at radius 1 is 1.38 bits per heavy atom. The molecule has 21 heavy (non-hydrogen) atoms. The normalized spacial score (nSPS) is 32.8. The molecule has 1 heterocycles. The van der Waals surface area contributed by atoms with Crippen LogP contribution in [0.4, 0.5) is 0 Å². The van der Waals surface area contributed by atoms with E-state index in [2.05, 4.69) is 24.8 Å². The van der Waals surface area contributed by atoms with E-state index < -0.39 is 5.60 Å². The fourth-order valence-electron chi connectivity index (χ4n) is 4.39. The molecule has 3 rings (SSSR count). The third-order valence-corrected chi connectivity index (χ3v) is 5.70. The molecular formula is C18H27NO2. The van der Waals surface area contributed by atoms with E-state index >= 15 is 0 Å². The molecule has 0 spiro atoms. The van der Waals surface area contributed by atoms with Crippen LogP contribution in [0.15, 0.2) is 18.2 Å². The second kappa shape index (κ2) is 4.72. The molecule has 0 amide bonds. The highest BCUT2D eigenvalue weighted by Gasteiger charge is 2.48. The SMILES string of the molecule is CC1[C@H]2Cc3ccc(O)cc3[C@]1(C)CCN2CC(C)(C)O. The molecule has 1 aromatic rings. The molecule has 2 aliphatic rings. The Labute approximate surface area is 127 Å². The number of aromatic hydroxyl groups is 1. The first-order chi connectivity index (χ1) is 9.71. The number of benzene rings is 1. The van der Waals surface area contributed by atoms with Gasteiger partial charge in [-0.1, -0.05) is 19.9 Å². The van der Waals surface area contributed by atoms with Gasteiger partial charge < -0.3 is 10.2 Å². The lowest BCUT2D eigenvalue weighted by molar-refractivity contribution is -0.0297. The maximum Gasteiger partial charge on any atom is 0.115 e. The van der Waals surface area contributed by atoms with Crippen LogP contribution >= 0.6 is 0 Å². The summed E-state index contributed by atoms with van der Waals surface area (Å²) in [6.45, 7) is 10.2. The molecule has 2 N–H and O–H groups in total. The first kappa shape index (κ1) is 14.9. The van der Waals surface area contributed by atoms with Crippen molar-refractivity contribution >= 4 is 0 Å². The van der Waals surface area contributed by atoms with Crippen molar-refractivity contribution in [2.75, 3.05) is 13.1 Å². The van der Waals surface area contributed by atoms with Crippen molar-refractivity contribution in [3.05, 3.63) is 29.3 Å². The summed E-state index contributed by atoms with van der Waals surface area (Å²) in [7, 11) is 0. The van der Waals surface area contributed by atoms with Gasteiger partial charge in [-0.15, -0.1) is 0 Å². The Bertz CT molecular complexity index is 549.